The van der Waals surface area contributed by atoms with Gasteiger partial charge in [-0.05, 0) is 24.6 Å². The van der Waals surface area contributed by atoms with Crippen LogP contribution in [-0.4, -0.2) is 24.7 Å². The Balaban J connectivity index is 3.15. The van der Waals surface area contributed by atoms with Gasteiger partial charge < -0.3 is 9.47 Å². The van der Waals surface area contributed by atoms with Gasteiger partial charge in [0.1, 0.15) is 11.4 Å². The van der Waals surface area contributed by atoms with Crippen LogP contribution in [0.4, 0.5) is 0 Å². The quantitative estimate of drug-likeness (QED) is 0.262. The summed E-state index contributed by atoms with van der Waals surface area (Å²) in [6.45, 7) is 1.86. The van der Waals surface area contributed by atoms with Crippen LogP contribution in [0.2, 0.25) is 0 Å². The monoisotopic (exact) mass is 248 g/mol. The molecular formula is C11H12N4O3. The Bertz CT molecular complexity index is 507. The predicted octanol–water partition coefficient (Wildman–Crippen LogP) is 2.30. The van der Waals surface area contributed by atoms with E-state index in [1.165, 1.54) is 19.4 Å². The van der Waals surface area contributed by atoms with Crippen molar-refractivity contribution in [3.63, 3.8) is 0 Å². The van der Waals surface area contributed by atoms with Gasteiger partial charge in [0.25, 0.3) is 0 Å². The third kappa shape index (κ3) is 3.50. The average molecular weight is 248 g/mol. The summed E-state index contributed by atoms with van der Waals surface area (Å²) in [5, 5.41) is 3.30. The molecule has 0 fully saturated rings. The number of esters is 1. The van der Waals surface area contributed by atoms with Crippen molar-refractivity contribution >= 4 is 12.0 Å². The molecule has 7 nitrogen and oxygen atoms in total. The molecular weight excluding hydrogens is 236 g/mol. The van der Waals surface area contributed by atoms with Crippen LogP contribution in [0, 0.1) is 0 Å². The highest BCUT2D eigenvalue weighted by Gasteiger charge is 2.10. The van der Waals surface area contributed by atoms with Crippen molar-refractivity contribution < 1.29 is 14.3 Å². The second-order valence-corrected chi connectivity index (χ2v) is 3.06. The van der Waals surface area contributed by atoms with Crippen LogP contribution in [0.15, 0.2) is 29.3 Å². The van der Waals surface area contributed by atoms with Gasteiger partial charge in [-0.2, -0.15) is 0 Å². The smallest absolute Gasteiger partial charge is 0.340 e. The lowest BCUT2D eigenvalue weighted by molar-refractivity contribution is -0.138. The van der Waals surface area contributed by atoms with Crippen LogP contribution in [0.3, 0.4) is 0 Å². The fourth-order valence-corrected chi connectivity index (χ4v) is 1.22. The Hall–Kier alpha value is -2.53. The number of ether oxygens (including phenoxy) is 2. The Morgan fingerprint density at radius 3 is 3.06 bits per heavy atom. The lowest BCUT2D eigenvalue weighted by Gasteiger charge is -2.05. The minimum Gasteiger partial charge on any atom is -0.496 e. The van der Waals surface area contributed by atoms with E-state index in [0.29, 0.717) is 11.3 Å². The number of pyridine rings is 1. The summed E-state index contributed by atoms with van der Waals surface area (Å²) in [5.41, 5.74) is 8.80. The van der Waals surface area contributed by atoms with Gasteiger partial charge in [0.15, 0.2) is 0 Å². The first-order valence-corrected chi connectivity index (χ1v) is 5.14. The van der Waals surface area contributed by atoms with E-state index >= 15 is 0 Å². The number of hydrogen-bond acceptors (Lipinski definition) is 5. The molecule has 1 aromatic rings. The molecule has 1 heterocycles. The molecule has 0 saturated carbocycles. The summed E-state index contributed by atoms with van der Waals surface area (Å²) in [6, 6.07) is 1.63. The van der Waals surface area contributed by atoms with Crippen LogP contribution < -0.4 is 4.74 Å². The van der Waals surface area contributed by atoms with Crippen molar-refractivity contribution in [3.05, 3.63) is 40.2 Å². The van der Waals surface area contributed by atoms with Crippen molar-refractivity contribution in [1.82, 2.24) is 4.98 Å². The van der Waals surface area contributed by atoms with Gasteiger partial charge in [0.2, 0.25) is 0 Å². The average Bonchev–Trinajstić information content (AvgIpc) is 2.39. The van der Waals surface area contributed by atoms with Crippen molar-refractivity contribution in [2.75, 3.05) is 13.7 Å². The molecule has 1 aromatic heterocycles. The largest absolute Gasteiger partial charge is 0.496 e. The maximum absolute atomic E-state index is 11.5. The molecule has 0 amide bonds. The molecule has 0 N–H and O–H groups in total. The van der Waals surface area contributed by atoms with E-state index in [1.54, 1.807) is 19.2 Å². The molecule has 7 heteroatoms. The molecule has 94 valence electrons. The Morgan fingerprint density at radius 1 is 1.67 bits per heavy atom. The van der Waals surface area contributed by atoms with Gasteiger partial charge in [0.05, 0.1) is 13.7 Å². The summed E-state index contributed by atoms with van der Waals surface area (Å²) in [7, 11) is 1.49. The maximum atomic E-state index is 11.5. The van der Waals surface area contributed by atoms with E-state index < -0.39 is 5.97 Å². The molecule has 0 bridgehead atoms. The van der Waals surface area contributed by atoms with E-state index in [0.717, 1.165) is 0 Å². The van der Waals surface area contributed by atoms with E-state index in [9.17, 15) is 4.79 Å². The fraction of sp³-hybridized carbons (Fsp3) is 0.273. The summed E-state index contributed by atoms with van der Waals surface area (Å²) in [6.07, 6.45) is 4.41. The molecule has 18 heavy (non-hydrogen) atoms. The fourth-order valence-electron chi connectivity index (χ4n) is 1.22. The Morgan fingerprint density at radius 2 is 2.44 bits per heavy atom. The number of hydrogen-bond donors (Lipinski definition) is 0. The third-order valence-corrected chi connectivity index (χ3v) is 1.96. The second-order valence-electron chi connectivity index (χ2n) is 3.06. The van der Waals surface area contributed by atoms with Crippen molar-refractivity contribution in [3.8, 4) is 5.75 Å². The van der Waals surface area contributed by atoms with Crippen LogP contribution in [0.25, 0.3) is 16.5 Å². The summed E-state index contributed by atoms with van der Waals surface area (Å²) in [5.74, 6) is -0.179. The number of carbonyl (C=O) groups excluding carboxylic acids is 1. The van der Waals surface area contributed by atoms with E-state index in [-0.39, 0.29) is 12.3 Å². The van der Waals surface area contributed by atoms with Gasteiger partial charge in [-0.25, -0.2) is 4.79 Å². The molecule has 1 rings (SSSR count). The van der Waals surface area contributed by atoms with Crippen LogP contribution in [0.1, 0.15) is 12.5 Å². The van der Waals surface area contributed by atoms with Crippen molar-refractivity contribution in [1.29, 1.82) is 0 Å². The highest BCUT2D eigenvalue weighted by molar-refractivity contribution is 5.93. The zero-order chi connectivity index (χ0) is 13.4. The molecule has 0 unspecified atom stereocenters. The zero-order valence-electron chi connectivity index (χ0n) is 10.0. The SMILES string of the molecule is CCOC(=O)/C(=C/c1cnccc1OC)N=[N+]=[N-]. The molecule has 0 radical (unpaired) electrons. The second kappa shape index (κ2) is 6.93. The van der Waals surface area contributed by atoms with E-state index in [1.807, 2.05) is 0 Å². The number of azide groups is 1. The number of aromatic nitrogens is 1. The Labute approximate surface area is 104 Å². The topological polar surface area (TPSA) is 97.2 Å². The molecule has 0 aliphatic rings. The van der Waals surface area contributed by atoms with Crippen molar-refractivity contribution in [2.45, 2.75) is 6.92 Å². The Kier molecular flexibility index (Phi) is 5.21. The molecule has 0 atom stereocenters. The number of methoxy groups -OCH3 is 1. The first-order valence-electron chi connectivity index (χ1n) is 5.14. The zero-order valence-corrected chi connectivity index (χ0v) is 10.0. The van der Waals surface area contributed by atoms with Crippen LogP contribution in [-0.2, 0) is 9.53 Å². The molecule has 0 aromatic carbocycles. The molecule has 0 spiro atoms. The lowest BCUT2D eigenvalue weighted by Crippen LogP contribution is -2.05. The van der Waals surface area contributed by atoms with Gasteiger partial charge in [-0.1, -0.05) is 5.11 Å². The van der Waals surface area contributed by atoms with Gasteiger partial charge in [-0.3, -0.25) is 4.98 Å². The highest BCUT2D eigenvalue weighted by atomic mass is 16.5. The summed E-state index contributed by atoms with van der Waals surface area (Å²) >= 11 is 0. The standard InChI is InChI=1S/C11H12N4O3/c1-3-18-11(16)9(14-15-12)6-8-7-13-5-4-10(8)17-2/h4-7H,3H2,1-2H3/b9-6-. The number of carbonyl (C=O) groups is 1. The molecule has 0 saturated heterocycles. The number of nitrogens with zero attached hydrogens (tertiary/aromatic N) is 4. The van der Waals surface area contributed by atoms with Crippen molar-refractivity contribution in [2.24, 2.45) is 5.11 Å². The number of rotatable bonds is 5. The summed E-state index contributed by atoms with van der Waals surface area (Å²) in [4.78, 5) is 18.0. The summed E-state index contributed by atoms with van der Waals surface area (Å²) < 4.78 is 9.86. The molecule has 0 aliphatic heterocycles. The first kappa shape index (κ1) is 13.5. The third-order valence-electron chi connectivity index (χ3n) is 1.96. The first-order chi connectivity index (χ1) is 8.72. The van der Waals surface area contributed by atoms with Crippen LogP contribution >= 0.6 is 0 Å². The molecule has 0 aliphatic carbocycles. The maximum Gasteiger partial charge on any atom is 0.340 e. The van der Waals surface area contributed by atoms with E-state index in [2.05, 4.69) is 15.0 Å². The highest BCUT2D eigenvalue weighted by Crippen LogP contribution is 2.20. The predicted molar refractivity (Wildman–Crippen MR) is 64.5 cm³/mol. The van der Waals surface area contributed by atoms with Gasteiger partial charge in [0, 0.05) is 22.9 Å². The normalized spacial score (nSPS) is 10.4. The van der Waals surface area contributed by atoms with E-state index in [4.69, 9.17) is 15.0 Å². The van der Waals surface area contributed by atoms with Crippen LogP contribution in [0.5, 0.6) is 5.75 Å². The van der Waals surface area contributed by atoms with Gasteiger partial charge in [-0.15, -0.1) is 0 Å². The lowest BCUT2D eigenvalue weighted by atomic mass is 10.2. The minimum atomic E-state index is -0.693. The minimum absolute atomic E-state index is 0.148. The van der Waals surface area contributed by atoms with Gasteiger partial charge >= 0.3 is 5.97 Å².